The second-order valence-electron chi connectivity index (χ2n) is 6.31. The predicted octanol–water partition coefficient (Wildman–Crippen LogP) is 0.882. The van der Waals surface area contributed by atoms with Gasteiger partial charge in [0, 0.05) is 20.2 Å². The molecule has 1 aliphatic heterocycles. The average Bonchev–Trinajstić information content (AvgIpc) is 3.35. The molecular formula is C14H22N6O5. The summed E-state index contributed by atoms with van der Waals surface area (Å²) in [5.41, 5.74) is 4.94. The Morgan fingerprint density at radius 3 is 2.72 bits per heavy atom. The maximum Gasteiger partial charge on any atom is 0.419 e. The number of hydrogen-bond donors (Lipinski definition) is 3. The lowest BCUT2D eigenvalue weighted by atomic mass is 10.1. The van der Waals surface area contributed by atoms with Crippen LogP contribution in [0.1, 0.15) is 31.7 Å². The highest BCUT2D eigenvalue weighted by molar-refractivity contribution is 5.63. The maximum atomic E-state index is 11.4. The summed E-state index contributed by atoms with van der Waals surface area (Å²) in [7, 11) is 1.58. The SMILES string of the molecule is COC1CCN(c2c([N+](=O)[O-])cnn2C2CC2)CCC1NNC(=O)O. The first kappa shape index (κ1) is 17.4. The Labute approximate surface area is 144 Å². The molecule has 0 radical (unpaired) electrons. The van der Waals surface area contributed by atoms with Crippen LogP contribution in [0.3, 0.4) is 0 Å². The van der Waals surface area contributed by atoms with Crippen LogP contribution in [0.4, 0.5) is 16.3 Å². The smallest absolute Gasteiger partial charge is 0.419 e. The fourth-order valence-corrected chi connectivity index (χ4v) is 3.26. The third-order valence-corrected chi connectivity index (χ3v) is 4.65. The Morgan fingerprint density at radius 2 is 2.12 bits per heavy atom. The van der Waals surface area contributed by atoms with Crippen LogP contribution in [-0.2, 0) is 4.74 Å². The van der Waals surface area contributed by atoms with Crippen LogP contribution in [0.5, 0.6) is 0 Å². The van der Waals surface area contributed by atoms with E-state index in [0.717, 1.165) is 12.8 Å². The number of hydrogen-bond acceptors (Lipinski definition) is 7. The zero-order valence-electron chi connectivity index (χ0n) is 13.9. The number of carboxylic acid groups (broad SMARTS) is 1. The second kappa shape index (κ2) is 7.23. The van der Waals surface area contributed by atoms with Crippen molar-refractivity contribution in [2.75, 3.05) is 25.1 Å². The molecule has 11 heteroatoms. The van der Waals surface area contributed by atoms with Crippen molar-refractivity contribution < 1.29 is 19.6 Å². The number of nitro groups is 1. The van der Waals surface area contributed by atoms with Gasteiger partial charge >= 0.3 is 11.8 Å². The number of carbonyl (C=O) groups is 1. The maximum absolute atomic E-state index is 11.4. The number of methoxy groups -OCH3 is 1. The first-order valence-corrected chi connectivity index (χ1v) is 8.25. The van der Waals surface area contributed by atoms with E-state index in [0.29, 0.717) is 31.7 Å². The van der Waals surface area contributed by atoms with Crippen LogP contribution >= 0.6 is 0 Å². The molecule has 25 heavy (non-hydrogen) atoms. The summed E-state index contributed by atoms with van der Waals surface area (Å²) in [6, 6.07) is 0.00947. The summed E-state index contributed by atoms with van der Waals surface area (Å²) in [6.45, 7) is 1.11. The molecule has 11 nitrogen and oxygen atoms in total. The predicted molar refractivity (Wildman–Crippen MR) is 87.5 cm³/mol. The first-order valence-electron chi connectivity index (χ1n) is 8.25. The van der Waals surface area contributed by atoms with Gasteiger partial charge in [0.2, 0.25) is 5.82 Å². The Morgan fingerprint density at radius 1 is 1.40 bits per heavy atom. The molecule has 2 heterocycles. The third kappa shape index (κ3) is 3.82. The minimum atomic E-state index is -1.17. The van der Waals surface area contributed by atoms with Crippen LogP contribution in [0.2, 0.25) is 0 Å². The minimum Gasteiger partial charge on any atom is -0.464 e. The molecule has 1 aromatic heterocycles. The van der Waals surface area contributed by atoms with Gasteiger partial charge in [-0.05, 0) is 25.7 Å². The van der Waals surface area contributed by atoms with Gasteiger partial charge in [0.1, 0.15) is 6.20 Å². The summed E-state index contributed by atoms with van der Waals surface area (Å²) in [5.74, 6) is 0.536. The number of aromatic nitrogens is 2. The Hall–Kier alpha value is -2.40. The Bertz CT molecular complexity index is 646. The standard InChI is InChI=1S/C14H22N6O5/c1-25-12-5-7-18(6-4-10(12)16-17-14(21)22)13-11(20(23)24)8-15-19(13)9-2-3-9/h8-10,12,16-17H,2-7H2,1H3,(H,21,22). The molecule has 1 aromatic rings. The molecule has 2 aliphatic rings. The topological polar surface area (TPSA) is 135 Å². The van der Waals surface area contributed by atoms with Gasteiger partial charge in [0.15, 0.2) is 0 Å². The zero-order valence-corrected chi connectivity index (χ0v) is 13.9. The highest BCUT2D eigenvalue weighted by atomic mass is 16.6. The Kier molecular flexibility index (Phi) is 5.04. The van der Waals surface area contributed by atoms with Gasteiger partial charge in [0.05, 0.1) is 23.1 Å². The van der Waals surface area contributed by atoms with E-state index in [-0.39, 0.29) is 23.9 Å². The molecule has 0 aromatic carbocycles. The van der Waals surface area contributed by atoms with E-state index in [1.54, 1.807) is 11.8 Å². The van der Waals surface area contributed by atoms with Crippen LogP contribution < -0.4 is 15.8 Å². The van der Waals surface area contributed by atoms with Gasteiger partial charge < -0.3 is 14.7 Å². The molecular weight excluding hydrogens is 332 g/mol. The molecule has 0 bridgehead atoms. The fourth-order valence-electron chi connectivity index (χ4n) is 3.26. The van der Waals surface area contributed by atoms with Gasteiger partial charge in [-0.15, -0.1) is 0 Å². The molecule has 1 saturated heterocycles. The summed E-state index contributed by atoms with van der Waals surface area (Å²) in [5, 5.41) is 24.4. The number of anilines is 1. The molecule has 3 rings (SSSR count). The highest BCUT2D eigenvalue weighted by Gasteiger charge is 2.36. The van der Waals surface area contributed by atoms with Crippen molar-refractivity contribution in [2.45, 2.75) is 43.9 Å². The van der Waals surface area contributed by atoms with Gasteiger partial charge in [0.25, 0.3) is 0 Å². The van der Waals surface area contributed by atoms with Crippen LogP contribution in [0.25, 0.3) is 0 Å². The molecule has 0 spiro atoms. The summed E-state index contributed by atoms with van der Waals surface area (Å²) in [6.07, 6.45) is 3.09. The lowest BCUT2D eigenvalue weighted by Crippen LogP contribution is -2.49. The number of nitrogens with one attached hydrogen (secondary N) is 2. The van der Waals surface area contributed by atoms with Gasteiger partial charge in [-0.25, -0.2) is 14.9 Å². The van der Waals surface area contributed by atoms with E-state index in [9.17, 15) is 14.9 Å². The van der Waals surface area contributed by atoms with Crippen molar-refractivity contribution in [1.29, 1.82) is 0 Å². The first-order chi connectivity index (χ1) is 12.0. The number of hydrazine groups is 1. The molecule has 1 amide bonds. The summed E-state index contributed by atoms with van der Waals surface area (Å²) < 4.78 is 7.22. The molecule has 1 saturated carbocycles. The molecule has 2 unspecified atom stereocenters. The molecule has 2 atom stereocenters. The normalized spacial score (nSPS) is 24.0. The average molecular weight is 354 g/mol. The number of rotatable bonds is 6. The molecule has 138 valence electrons. The molecule has 2 fully saturated rings. The van der Waals surface area contributed by atoms with E-state index in [2.05, 4.69) is 16.0 Å². The zero-order chi connectivity index (χ0) is 18.0. The van der Waals surface area contributed by atoms with Crippen molar-refractivity contribution >= 4 is 17.6 Å². The fraction of sp³-hybridized carbons (Fsp3) is 0.714. The van der Waals surface area contributed by atoms with E-state index >= 15 is 0 Å². The van der Waals surface area contributed by atoms with Gasteiger partial charge in [-0.2, -0.15) is 5.10 Å². The van der Waals surface area contributed by atoms with Crippen molar-refractivity contribution in [1.82, 2.24) is 20.6 Å². The minimum absolute atomic E-state index is 0.0101. The van der Waals surface area contributed by atoms with Gasteiger partial charge in [-0.1, -0.05) is 0 Å². The second-order valence-corrected chi connectivity index (χ2v) is 6.31. The molecule has 3 N–H and O–H groups in total. The summed E-state index contributed by atoms with van der Waals surface area (Å²) in [4.78, 5) is 23.6. The van der Waals surface area contributed by atoms with E-state index in [4.69, 9.17) is 9.84 Å². The van der Waals surface area contributed by atoms with E-state index in [1.165, 1.54) is 6.20 Å². The van der Waals surface area contributed by atoms with E-state index in [1.807, 2.05) is 4.90 Å². The van der Waals surface area contributed by atoms with Crippen LogP contribution in [-0.4, -0.2) is 58.2 Å². The van der Waals surface area contributed by atoms with Crippen molar-refractivity contribution in [3.8, 4) is 0 Å². The van der Waals surface area contributed by atoms with Gasteiger partial charge in [-0.3, -0.25) is 15.5 Å². The summed E-state index contributed by atoms with van der Waals surface area (Å²) >= 11 is 0. The third-order valence-electron chi connectivity index (χ3n) is 4.65. The van der Waals surface area contributed by atoms with Crippen molar-refractivity contribution in [3.63, 3.8) is 0 Å². The Balaban J connectivity index is 1.79. The molecule has 1 aliphatic carbocycles. The quantitative estimate of drug-likeness (QED) is 0.506. The van der Waals surface area contributed by atoms with Crippen molar-refractivity contribution in [2.24, 2.45) is 0 Å². The van der Waals surface area contributed by atoms with Crippen LogP contribution in [0.15, 0.2) is 6.20 Å². The largest absolute Gasteiger partial charge is 0.464 e. The van der Waals surface area contributed by atoms with E-state index < -0.39 is 11.0 Å². The van der Waals surface area contributed by atoms with Crippen LogP contribution in [0, 0.1) is 10.1 Å². The number of ether oxygens (including phenoxy) is 1. The van der Waals surface area contributed by atoms with Crippen molar-refractivity contribution in [3.05, 3.63) is 16.3 Å². The highest BCUT2D eigenvalue weighted by Crippen LogP contribution is 2.41. The number of nitrogens with zero attached hydrogens (tertiary/aromatic N) is 4. The lowest BCUT2D eigenvalue weighted by Gasteiger charge is -2.23. The lowest BCUT2D eigenvalue weighted by molar-refractivity contribution is -0.384. The monoisotopic (exact) mass is 354 g/mol. The number of amides is 1.